The summed E-state index contributed by atoms with van der Waals surface area (Å²) in [5, 5.41) is 3.58. The summed E-state index contributed by atoms with van der Waals surface area (Å²) < 4.78 is 36.6. The average molecular weight is 374 g/mol. The first-order valence-corrected chi connectivity index (χ1v) is 10.2. The summed E-state index contributed by atoms with van der Waals surface area (Å²) in [4.78, 5) is 4.05. The summed E-state index contributed by atoms with van der Waals surface area (Å²) in [5.41, 5.74) is 0.694. The highest BCUT2D eigenvalue weighted by molar-refractivity contribution is 7.91. The van der Waals surface area contributed by atoms with Crippen LogP contribution in [0.1, 0.15) is 12.8 Å². The molecule has 1 heterocycles. The molecular weight excluding hydrogens is 349 g/mol. The second kappa shape index (κ2) is 8.22. The molecule has 2 rings (SSSR count). The van der Waals surface area contributed by atoms with Crippen LogP contribution >= 0.6 is 12.2 Å². The number of thiocarbonyl (C=S) groups is 1. The van der Waals surface area contributed by atoms with Crippen LogP contribution in [0.4, 0.5) is 10.1 Å². The summed E-state index contributed by atoms with van der Waals surface area (Å²) in [7, 11) is 1.02. The van der Waals surface area contributed by atoms with Gasteiger partial charge in [-0.3, -0.25) is 0 Å². The van der Waals surface area contributed by atoms with Crippen molar-refractivity contribution in [1.82, 2.24) is 9.80 Å². The number of hydrogen-bond donors (Lipinski definition) is 1. The van der Waals surface area contributed by atoms with Gasteiger partial charge >= 0.3 is 0 Å². The van der Waals surface area contributed by atoms with Crippen LogP contribution in [0.2, 0.25) is 0 Å². The molecule has 5 nitrogen and oxygen atoms in total. The third kappa shape index (κ3) is 5.68. The fourth-order valence-electron chi connectivity index (χ4n) is 2.76. The topological polar surface area (TPSA) is 52.6 Å². The minimum atomic E-state index is -2.98. The third-order valence-electron chi connectivity index (χ3n) is 4.01. The minimum Gasteiger partial charge on any atom is -0.345 e. The Labute approximate surface area is 148 Å². The Balaban J connectivity index is 2.05. The van der Waals surface area contributed by atoms with Crippen molar-refractivity contribution in [2.75, 3.05) is 44.0 Å². The van der Waals surface area contributed by atoms with Gasteiger partial charge in [0.1, 0.15) is 5.82 Å². The minimum absolute atomic E-state index is 0.0994. The SMILES string of the molecule is CN(C)CCCN(C(=S)Nc1ccc(F)cc1)[C@@H]1CCS(=O)(=O)C1. The van der Waals surface area contributed by atoms with Gasteiger partial charge in [0, 0.05) is 18.3 Å². The number of nitrogens with one attached hydrogen (secondary N) is 1. The highest BCUT2D eigenvalue weighted by Gasteiger charge is 2.33. The number of sulfone groups is 1. The molecule has 0 unspecified atom stereocenters. The number of halogens is 1. The van der Waals surface area contributed by atoms with Crippen molar-refractivity contribution in [3.8, 4) is 0 Å². The second-order valence-electron chi connectivity index (χ2n) is 6.34. The van der Waals surface area contributed by atoms with E-state index in [-0.39, 0.29) is 23.4 Å². The van der Waals surface area contributed by atoms with Crippen molar-refractivity contribution in [2.45, 2.75) is 18.9 Å². The molecule has 0 amide bonds. The predicted octanol–water partition coefficient (Wildman–Crippen LogP) is 1.96. The van der Waals surface area contributed by atoms with E-state index in [0.717, 1.165) is 13.0 Å². The molecule has 1 N–H and O–H groups in total. The van der Waals surface area contributed by atoms with Crippen molar-refractivity contribution in [1.29, 1.82) is 0 Å². The first-order valence-electron chi connectivity index (χ1n) is 7.95. The van der Waals surface area contributed by atoms with Gasteiger partial charge in [-0.15, -0.1) is 0 Å². The Hall–Kier alpha value is -1.25. The molecule has 0 bridgehead atoms. The van der Waals surface area contributed by atoms with Gasteiger partial charge in [0.25, 0.3) is 0 Å². The Morgan fingerprint density at radius 3 is 2.50 bits per heavy atom. The Morgan fingerprint density at radius 2 is 1.96 bits per heavy atom. The molecule has 0 aliphatic carbocycles. The van der Waals surface area contributed by atoms with Gasteiger partial charge in [-0.2, -0.15) is 0 Å². The van der Waals surface area contributed by atoms with Crippen LogP contribution in [-0.4, -0.2) is 68.1 Å². The Bertz CT molecular complexity index is 662. The lowest BCUT2D eigenvalue weighted by molar-refractivity contribution is 0.306. The van der Waals surface area contributed by atoms with E-state index in [9.17, 15) is 12.8 Å². The van der Waals surface area contributed by atoms with Gasteiger partial charge in [0.2, 0.25) is 0 Å². The van der Waals surface area contributed by atoms with E-state index in [4.69, 9.17) is 12.2 Å². The summed E-state index contributed by atoms with van der Waals surface area (Å²) in [6, 6.07) is 5.86. The van der Waals surface area contributed by atoms with E-state index in [1.54, 1.807) is 12.1 Å². The zero-order chi connectivity index (χ0) is 17.7. The summed E-state index contributed by atoms with van der Waals surface area (Å²) >= 11 is 5.49. The van der Waals surface area contributed by atoms with E-state index >= 15 is 0 Å². The molecule has 0 aromatic heterocycles. The van der Waals surface area contributed by atoms with E-state index in [1.165, 1.54) is 12.1 Å². The molecule has 0 saturated carbocycles. The summed E-state index contributed by atoms with van der Waals surface area (Å²) in [6.45, 7) is 1.58. The van der Waals surface area contributed by atoms with Gasteiger partial charge in [0.15, 0.2) is 14.9 Å². The maximum atomic E-state index is 13.0. The van der Waals surface area contributed by atoms with Crippen molar-refractivity contribution in [2.24, 2.45) is 0 Å². The Kier molecular flexibility index (Phi) is 6.54. The molecule has 8 heteroatoms. The standard InChI is InChI=1S/C16H24FN3O2S2/c1-19(2)9-3-10-20(15-8-11-24(21,22)12-15)16(23)18-14-6-4-13(17)5-7-14/h4-7,15H,3,8-12H2,1-2H3,(H,18,23)/t15-/m1/s1. The van der Waals surface area contributed by atoms with Crippen LogP contribution in [0, 0.1) is 5.82 Å². The number of rotatable bonds is 6. The summed E-state index contributed by atoms with van der Waals surface area (Å²) in [6.07, 6.45) is 1.48. The molecule has 1 fully saturated rings. The molecule has 1 aromatic rings. The molecular formula is C16H24FN3O2S2. The fourth-order valence-corrected chi connectivity index (χ4v) is 4.85. The highest BCUT2D eigenvalue weighted by atomic mass is 32.2. The lowest BCUT2D eigenvalue weighted by atomic mass is 10.2. The predicted molar refractivity (Wildman–Crippen MR) is 99.6 cm³/mol. The maximum Gasteiger partial charge on any atom is 0.173 e. The van der Waals surface area contributed by atoms with Crippen LogP contribution in [0.25, 0.3) is 0 Å². The lowest BCUT2D eigenvalue weighted by Crippen LogP contribution is -2.44. The van der Waals surface area contributed by atoms with Crippen molar-refractivity contribution in [3.63, 3.8) is 0 Å². The monoisotopic (exact) mass is 373 g/mol. The molecule has 1 atom stereocenters. The molecule has 1 aliphatic rings. The smallest absolute Gasteiger partial charge is 0.173 e. The van der Waals surface area contributed by atoms with Crippen molar-refractivity contribution < 1.29 is 12.8 Å². The van der Waals surface area contributed by atoms with Crippen LogP contribution in [-0.2, 0) is 9.84 Å². The van der Waals surface area contributed by atoms with E-state index in [0.29, 0.717) is 23.8 Å². The van der Waals surface area contributed by atoms with Crippen molar-refractivity contribution in [3.05, 3.63) is 30.1 Å². The van der Waals surface area contributed by atoms with Crippen molar-refractivity contribution >= 4 is 32.9 Å². The van der Waals surface area contributed by atoms with Gasteiger partial charge < -0.3 is 15.1 Å². The van der Waals surface area contributed by atoms with Gasteiger partial charge in [-0.25, -0.2) is 12.8 Å². The largest absolute Gasteiger partial charge is 0.345 e. The van der Waals surface area contributed by atoms with E-state index in [2.05, 4.69) is 10.2 Å². The zero-order valence-corrected chi connectivity index (χ0v) is 15.7. The van der Waals surface area contributed by atoms with Crippen LogP contribution in [0.15, 0.2) is 24.3 Å². The first-order chi connectivity index (χ1) is 11.3. The average Bonchev–Trinajstić information content (AvgIpc) is 2.85. The normalized spacial score (nSPS) is 19.4. The quantitative estimate of drug-likeness (QED) is 0.770. The first kappa shape index (κ1) is 19.1. The molecule has 1 aromatic carbocycles. The fraction of sp³-hybridized carbons (Fsp3) is 0.562. The molecule has 134 valence electrons. The van der Waals surface area contributed by atoms with Crippen LogP contribution < -0.4 is 5.32 Å². The Morgan fingerprint density at radius 1 is 1.29 bits per heavy atom. The number of anilines is 1. The van der Waals surface area contributed by atoms with Crippen LogP contribution in [0.3, 0.4) is 0 Å². The molecule has 0 spiro atoms. The number of benzene rings is 1. The second-order valence-corrected chi connectivity index (χ2v) is 8.96. The molecule has 1 saturated heterocycles. The van der Waals surface area contributed by atoms with Gasteiger partial charge in [0.05, 0.1) is 11.5 Å². The van der Waals surface area contributed by atoms with Gasteiger partial charge in [-0.1, -0.05) is 0 Å². The van der Waals surface area contributed by atoms with E-state index in [1.807, 2.05) is 19.0 Å². The molecule has 24 heavy (non-hydrogen) atoms. The zero-order valence-electron chi connectivity index (χ0n) is 14.0. The van der Waals surface area contributed by atoms with Gasteiger partial charge in [-0.05, 0) is 70.0 Å². The molecule has 0 radical (unpaired) electrons. The summed E-state index contributed by atoms with van der Waals surface area (Å²) in [5.74, 6) is 0.0393. The lowest BCUT2D eigenvalue weighted by Gasteiger charge is -2.31. The van der Waals surface area contributed by atoms with E-state index < -0.39 is 9.84 Å². The third-order valence-corrected chi connectivity index (χ3v) is 6.10. The number of nitrogens with zero attached hydrogens (tertiary/aromatic N) is 2. The highest BCUT2D eigenvalue weighted by Crippen LogP contribution is 2.20. The number of hydrogen-bond acceptors (Lipinski definition) is 4. The van der Waals surface area contributed by atoms with Crippen LogP contribution in [0.5, 0.6) is 0 Å². The molecule has 1 aliphatic heterocycles. The maximum absolute atomic E-state index is 13.0.